The molecule has 100 valence electrons. The second-order valence-electron chi connectivity index (χ2n) is 3.97. The van der Waals surface area contributed by atoms with Crippen LogP contribution < -0.4 is 4.72 Å². The van der Waals surface area contributed by atoms with Gasteiger partial charge in [0, 0.05) is 6.54 Å². The number of carboxylic acid groups (broad SMARTS) is 1. The van der Waals surface area contributed by atoms with Gasteiger partial charge in [-0.2, -0.15) is 0 Å². The average Bonchev–Trinajstić information content (AvgIpc) is 2.35. The first-order chi connectivity index (χ1) is 8.38. The van der Waals surface area contributed by atoms with Crippen molar-refractivity contribution < 1.29 is 18.3 Å². The Balaban J connectivity index is 2.79. The van der Waals surface area contributed by atoms with Gasteiger partial charge >= 0.3 is 5.97 Å². The largest absolute Gasteiger partial charge is 0.480 e. The number of sulfonamides is 1. The minimum absolute atomic E-state index is 0.115. The first-order valence-electron chi connectivity index (χ1n) is 5.66. The summed E-state index contributed by atoms with van der Waals surface area (Å²) in [6, 6.07) is 7.46. The maximum absolute atomic E-state index is 11.7. The van der Waals surface area contributed by atoms with E-state index in [4.69, 9.17) is 5.11 Å². The second kappa shape index (κ2) is 5.97. The molecule has 18 heavy (non-hydrogen) atoms. The fourth-order valence-corrected chi connectivity index (χ4v) is 2.38. The third kappa shape index (κ3) is 3.54. The summed E-state index contributed by atoms with van der Waals surface area (Å²) in [7, 11) is -3.83. The molecule has 1 unspecified atom stereocenters. The van der Waals surface area contributed by atoms with Gasteiger partial charge in [-0.15, -0.1) is 0 Å². The summed E-state index contributed by atoms with van der Waals surface area (Å²) in [5.41, 5.74) is 1.91. The van der Waals surface area contributed by atoms with Crippen molar-refractivity contribution in [2.75, 3.05) is 0 Å². The zero-order valence-corrected chi connectivity index (χ0v) is 11.2. The normalized spacial score (nSPS) is 13.2. The van der Waals surface area contributed by atoms with Crippen molar-refractivity contribution in [1.29, 1.82) is 0 Å². The van der Waals surface area contributed by atoms with Gasteiger partial charge in [0.15, 0.2) is 5.25 Å². The maximum atomic E-state index is 11.7. The molecule has 2 N–H and O–H groups in total. The zero-order chi connectivity index (χ0) is 13.8. The van der Waals surface area contributed by atoms with Crippen LogP contribution in [0.1, 0.15) is 25.0 Å². The number of aryl methyl sites for hydroxylation is 1. The SMILES string of the molecule is CCc1ccccc1CNS(=O)(=O)C(C)C(=O)O. The zero-order valence-electron chi connectivity index (χ0n) is 10.4. The number of hydrogen-bond donors (Lipinski definition) is 2. The molecule has 0 aliphatic rings. The van der Waals surface area contributed by atoms with Crippen LogP contribution in [0.3, 0.4) is 0 Å². The highest BCUT2D eigenvalue weighted by Gasteiger charge is 2.27. The molecule has 0 aromatic heterocycles. The molecule has 0 saturated carbocycles. The van der Waals surface area contributed by atoms with Crippen molar-refractivity contribution in [2.45, 2.75) is 32.1 Å². The van der Waals surface area contributed by atoms with E-state index in [1.165, 1.54) is 0 Å². The van der Waals surface area contributed by atoms with Gasteiger partial charge in [-0.05, 0) is 24.5 Å². The predicted molar refractivity (Wildman–Crippen MR) is 68.7 cm³/mol. The highest BCUT2D eigenvalue weighted by atomic mass is 32.2. The fraction of sp³-hybridized carbons (Fsp3) is 0.417. The molecule has 1 atom stereocenters. The van der Waals surface area contributed by atoms with Crippen LogP contribution in [0.2, 0.25) is 0 Å². The standard InChI is InChI=1S/C12H17NO4S/c1-3-10-6-4-5-7-11(10)8-13-18(16,17)9(2)12(14)15/h4-7,9,13H,3,8H2,1-2H3,(H,14,15). The quantitative estimate of drug-likeness (QED) is 0.812. The van der Waals surface area contributed by atoms with Crippen molar-refractivity contribution >= 4 is 16.0 Å². The van der Waals surface area contributed by atoms with E-state index in [2.05, 4.69) is 4.72 Å². The highest BCUT2D eigenvalue weighted by molar-refractivity contribution is 7.90. The Labute approximate surface area is 107 Å². The van der Waals surface area contributed by atoms with E-state index in [-0.39, 0.29) is 6.54 Å². The molecule has 1 aromatic carbocycles. The van der Waals surface area contributed by atoms with E-state index in [1.54, 1.807) is 0 Å². The summed E-state index contributed by atoms with van der Waals surface area (Å²) in [4.78, 5) is 10.7. The van der Waals surface area contributed by atoms with Gasteiger partial charge in [0.25, 0.3) is 0 Å². The maximum Gasteiger partial charge on any atom is 0.323 e. The number of nitrogens with one attached hydrogen (secondary N) is 1. The van der Waals surface area contributed by atoms with Gasteiger partial charge in [-0.1, -0.05) is 31.2 Å². The van der Waals surface area contributed by atoms with Crippen LogP contribution in [-0.2, 0) is 27.8 Å². The molecule has 0 aliphatic heterocycles. The lowest BCUT2D eigenvalue weighted by Gasteiger charge is -2.12. The molecule has 0 bridgehead atoms. The fourth-order valence-electron chi connectivity index (χ4n) is 1.51. The Morgan fingerprint density at radius 2 is 1.89 bits per heavy atom. The van der Waals surface area contributed by atoms with Crippen LogP contribution in [0.15, 0.2) is 24.3 Å². The topological polar surface area (TPSA) is 83.5 Å². The van der Waals surface area contributed by atoms with E-state index in [9.17, 15) is 13.2 Å². The Morgan fingerprint density at radius 3 is 2.39 bits per heavy atom. The van der Waals surface area contributed by atoms with Crippen molar-refractivity contribution in [1.82, 2.24) is 4.72 Å². The van der Waals surface area contributed by atoms with Gasteiger partial charge in [-0.25, -0.2) is 13.1 Å². The smallest absolute Gasteiger partial charge is 0.323 e. The van der Waals surface area contributed by atoms with Gasteiger partial charge in [0.1, 0.15) is 0 Å². The van der Waals surface area contributed by atoms with Crippen LogP contribution in [0, 0.1) is 0 Å². The summed E-state index contributed by atoms with van der Waals surface area (Å²) in [5.74, 6) is -1.36. The molecule has 0 fully saturated rings. The number of rotatable bonds is 6. The van der Waals surface area contributed by atoms with Crippen molar-refractivity contribution in [2.24, 2.45) is 0 Å². The molecule has 0 aliphatic carbocycles. The van der Waals surface area contributed by atoms with Crippen LogP contribution in [-0.4, -0.2) is 24.7 Å². The van der Waals surface area contributed by atoms with Crippen molar-refractivity contribution in [3.63, 3.8) is 0 Å². The third-order valence-corrected chi connectivity index (χ3v) is 4.46. The van der Waals surface area contributed by atoms with E-state index in [0.717, 1.165) is 24.5 Å². The molecule has 1 rings (SSSR count). The molecular weight excluding hydrogens is 254 g/mol. The van der Waals surface area contributed by atoms with Gasteiger partial charge in [0.05, 0.1) is 0 Å². The lowest BCUT2D eigenvalue weighted by Crippen LogP contribution is -2.37. The molecular formula is C12H17NO4S. The summed E-state index contributed by atoms with van der Waals surface area (Å²) < 4.78 is 25.6. The van der Waals surface area contributed by atoms with E-state index in [1.807, 2.05) is 31.2 Å². The highest BCUT2D eigenvalue weighted by Crippen LogP contribution is 2.10. The summed E-state index contributed by atoms with van der Waals surface area (Å²) in [5, 5.41) is 7.24. The van der Waals surface area contributed by atoms with Crippen LogP contribution in [0.4, 0.5) is 0 Å². The van der Waals surface area contributed by atoms with Crippen molar-refractivity contribution in [3.8, 4) is 0 Å². The van der Waals surface area contributed by atoms with E-state index < -0.39 is 21.2 Å². The summed E-state index contributed by atoms with van der Waals surface area (Å²) in [6.45, 7) is 3.24. The molecule has 0 amide bonds. The number of hydrogen-bond acceptors (Lipinski definition) is 3. The number of aliphatic carboxylic acids is 1. The Bertz CT molecular complexity index is 525. The third-order valence-electron chi connectivity index (χ3n) is 2.78. The van der Waals surface area contributed by atoms with Crippen LogP contribution in [0.5, 0.6) is 0 Å². The van der Waals surface area contributed by atoms with Gasteiger partial charge < -0.3 is 5.11 Å². The molecule has 0 heterocycles. The number of benzene rings is 1. The first-order valence-corrected chi connectivity index (χ1v) is 7.21. The molecule has 1 aromatic rings. The van der Waals surface area contributed by atoms with Gasteiger partial charge in [-0.3, -0.25) is 4.79 Å². The minimum Gasteiger partial charge on any atom is -0.480 e. The molecule has 0 saturated heterocycles. The van der Waals surface area contributed by atoms with E-state index >= 15 is 0 Å². The van der Waals surface area contributed by atoms with Crippen molar-refractivity contribution in [3.05, 3.63) is 35.4 Å². The predicted octanol–water partition coefficient (Wildman–Crippen LogP) is 1.14. The second-order valence-corrected chi connectivity index (χ2v) is 6.05. The first kappa shape index (κ1) is 14.7. The summed E-state index contributed by atoms with van der Waals surface area (Å²) >= 11 is 0. The number of carboxylic acids is 1. The minimum atomic E-state index is -3.83. The summed E-state index contributed by atoms with van der Waals surface area (Å²) in [6.07, 6.45) is 0.798. The molecule has 6 heteroatoms. The molecule has 0 spiro atoms. The lowest BCUT2D eigenvalue weighted by atomic mass is 10.1. The Hall–Kier alpha value is -1.40. The molecule has 0 radical (unpaired) electrons. The average molecular weight is 271 g/mol. The Morgan fingerprint density at radius 1 is 1.33 bits per heavy atom. The number of carbonyl (C=O) groups is 1. The van der Waals surface area contributed by atoms with E-state index in [0.29, 0.717) is 0 Å². The van der Waals surface area contributed by atoms with Gasteiger partial charge in [0.2, 0.25) is 10.0 Å². The lowest BCUT2D eigenvalue weighted by molar-refractivity contribution is -0.136. The molecule has 5 nitrogen and oxygen atoms in total. The van der Waals surface area contributed by atoms with Crippen LogP contribution >= 0.6 is 0 Å². The Kier molecular flexibility index (Phi) is 4.86. The van der Waals surface area contributed by atoms with Crippen LogP contribution in [0.25, 0.3) is 0 Å². The monoisotopic (exact) mass is 271 g/mol.